The number of allylic oxidation sites excluding steroid dienone is 3. The van der Waals surface area contributed by atoms with E-state index >= 15 is 0 Å². The highest BCUT2D eigenvalue weighted by molar-refractivity contribution is 5.87. The second kappa shape index (κ2) is 8.93. The van der Waals surface area contributed by atoms with Gasteiger partial charge in [-0.2, -0.15) is 0 Å². The van der Waals surface area contributed by atoms with Crippen molar-refractivity contribution in [1.29, 1.82) is 0 Å². The number of ether oxygens (including phenoxy) is 2. The summed E-state index contributed by atoms with van der Waals surface area (Å²) in [6, 6.07) is 4.46. The molecule has 2 unspecified atom stereocenters. The molecule has 8 heteroatoms. The molecule has 142 valence electrons. The number of rotatable bonds is 6. The molecule has 1 heterocycles. The van der Waals surface area contributed by atoms with Crippen molar-refractivity contribution in [2.75, 3.05) is 6.61 Å². The highest BCUT2D eigenvalue weighted by Crippen LogP contribution is 2.31. The van der Waals surface area contributed by atoms with E-state index in [4.69, 9.17) is 14.6 Å². The maximum absolute atomic E-state index is 10.8. The van der Waals surface area contributed by atoms with Crippen LogP contribution in [-0.2, 0) is 9.53 Å². The van der Waals surface area contributed by atoms with Gasteiger partial charge >= 0.3 is 0 Å². The van der Waals surface area contributed by atoms with Crippen molar-refractivity contribution >= 4 is 11.9 Å². The second-order valence-corrected chi connectivity index (χ2v) is 5.87. The number of aliphatic hydroxyl groups excluding tert-OH is 4. The van der Waals surface area contributed by atoms with Gasteiger partial charge in [-0.05, 0) is 30.7 Å². The molecule has 0 bridgehead atoms. The van der Waals surface area contributed by atoms with Crippen LogP contribution in [0.4, 0.5) is 0 Å². The topological polar surface area (TPSA) is 137 Å². The van der Waals surface area contributed by atoms with Gasteiger partial charge in [0.25, 0.3) is 0 Å². The summed E-state index contributed by atoms with van der Waals surface area (Å²) in [5.41, 5.74) is 0.636. The Morgan fingerprint density at radius 3 is 2.54 bits per heavy atom. The molecule has 0 aromatic heterocycles. The summed E-state index contributed by atoms with van der Waals surface area (Å²) in [5.74, 6) is -0.328. The lowest BCUT2D eigenvalue weighted by Gasteiger charge is -2.39. The number of carbonyl (C=O) groups excluding carboxylic acids is 1. The van der Waals surface area contributed by atoms with Crippen molar-refractivity contribution < 1.29 is 39.8 Å². The van der Waals surface area contributed by atoms with Gasteiger partial charge in [0.15, 0.2) is 17.3 Å². The van der Waals surface area contributed by atoms with Crippen LogP contribution in [-0.4, -0.2) is 68.6 Å². The van der Waals surface area contributed by atoms with Crippen LogP contribution in [0.1, 0.15) is 12.5 Å². The van der Waals surface area contributed by atoms with Crippen molar-refractivity contribution in [2.24, 2.45) is 0 Å². The number of aliphatic hydroxyl groups is 4. The summed E-state index contributed by atoms with van der Waals surface area (Å²) >= 11 is 0. The second-order valence-electron chi connectivity index (χ2n) is 5.87. The first-order valence-corrected chi connectivity index (χ1v) is 7.99. The Balaban J connectivity index is 2.08. The summed E-state index contributed by atoms with van der Waals surface area (Å²) < 4.78 is 10.6. The molecule has 8 nitrogen and oxygen atoms in total. The van der Waals surface area contributed by atoms with E-state index in [0.717, 1.165) is 0 Å². The van der Waals surface area contributed by atoms with Crippen molar-refractivity contribution in [3.8, 4) is 11.5 Å². The molecule has 0 spiro atoms. The lowest BCUT2D eigenvalue weighted by Crippen LogP contribution is -2.60. The average Bonchev–Trinajstić information content (AvgIpc) is 2.61. The molecule has 1 aromatic carbocycles. The highest BCUT2D eigenvalue weighted by Gasteiger charge is 2.44. The Bertz CT molecular complexity index is 682. The number of hydrogen-bond acceptors (Lipinski definition) is 8. The molecule has 5 N–H and O–H groups in total. The number of phenolic OH excluding ortho intramolecular Hbond substituents is 1. The fourth-order valence-corrected chi connectivity index (χ4v) is 2.39. The molecule has 1 aliphatic heterocycles. The van der Waals surface area contributed by atoms with E-state index < -0.39 is 37.3 Å². The van der Waals surface area contributed by atoms with Crippen LogP contribution in [0.3, 0.4) is 0 Å². The van der Waals surface area contributed by atoms with E-state index in [0.29, 0.717) is 5.56 Å². The average molecular weight is 366 g/mol. The van der Waals surface area contributed by atoms with Crippen LogP contribution >= 0.6 is 0 Å². The fourth-order valence-electron chi connectivity index (χ4n) is 2.39. The van der Waals surface area contributed by atoms with Crippen LogP contribution in [0.5, 0.6) is 11.5 Å². The van der Waals surface area contributed by atoms with Gasteiger partial charge in [0.2, 0.25) is 6.29 Å². The molecular weight excluding hydrogens is 344 g/mol. The van der Waals surface area contributed by atoms with E-state index in [1.54, 1.807) is 24.3 Å². The summed E-state index contributed by atoms with van der Waals surface area (Å²) in [6.07, 6.45) is -0.839. The quantitative estimate of drug-likeness (QED) is 0.343. The SMILES string of the molecule is CC(=O)C=CC=Cc1ccc(O[C@@H]2OC(CO)[C@@H](O)[C@H](O)C2O)c(O)c1. The standard InChI is InChI=1S/C18H22O8/c1-10(20)4-2-3-5-11-6-7-13(12(21)8-11)25-18-17(24)16(23)15(22)14(9-19)26-18/h2-8,14-19,21-24H,9H2,1H3/t14?,15-,16+,17?,18-/m1/s1. The third-order valence-corrected chi connectivity index (χ3v) is 3.81. The molecule has 0 saturated carbocycles. The number of aromatic hydroxyl groups is 1. The Labute approximate surface area is 150 Å². The lowest BCUT2D eigenvalue weighted by atomic mass is 9.99. The predicted octanol–water partition coefficient (Wildman–Crippen LogP) is -0.271. The largest absolute Gasteiger partial charge is 0.504 e. The van der Waals surface area contributed by atoms with Crippen LogP contribution < -0.4 is 4.74 Å². The molecule has 0 amide bonds. The first-order valence-electron chi connectivity index (χ1n) is 7.99. The number of carbonyl (C=O) groups is 1. The predicted molar refractivity (Wildman–Crippen MR) is 91.4 cm³/mol. The van der Waals surface area contributed by atoms with E-state index in [9.17, 15) is 25.2 Å². The van der Waals surface area contributed by atoms with Gasteiger partial charge in [-0.3, -0.25) is 4.79 Å². The number of hydrogen-bond donors (Lipinski definition) is 5. The van der Waals surface area contributed by atoms with Gasteiger partial charge in [0, 0.05) is 0 Å². The third-order valence-electron chi connectivity index (χ3n) is 3.81. The Morgan fingerprint density at radius 2 is 1.92 bits per heavy atom. The zero-order chi connectivity index (χ0) is 19.3. The van der Waals surface area contributed by atoms with E-state index in [1.807, 2.05) is 0 Å². The molecule has 5 atom stereocenters. The minimum atomic E-state index is -1.57. The monoisotopic (exact) mass is 366 g/mol. The van der Waals surface area contributed by atoms with Crippen molar-refractivity contribution in [3.05, 3.63) is 42.0 Å². The minimum Gasteiger partial charge on any atom is -0.504 e. The lowest BCUT2D eigenvalue weighted by molar-refractivity contribution is -0.277. The zero-order valence-electron chi connectivity index (χ0n) is 14.1. The van der Waals surface area contributed by atoms with Gasteiger partial charge in [-0.25, -0.2) is 0 Å². The number of ketones is 1. The maximum atomic E-state index is 10.8. The maximum Gasteiger partial charge on any atom is 0.229 e. The minimum absolute atomic E-state index is 0.00856. The van der Waals surface area contributed by atoms with E-state index in [1.165, 1.54) is 25.1 Å². The first-order chi connectivity index (χ1) is 12.3. The van der Waals surface area contributed by atoms with Gasteiger partial charge in [0.1, 0.15) is 24.4 Å². The zero-order valence-corrected chi connectivity index (χ0v) is 14.1. The molecule has 1 saturated heterocycles. The number of benzene rings is 1. The molecule has 1 aromatic rings. The van der Waals surface area contributed by atoms with Crippen molar-refractivity contribution in [3.63, 3.8) is 0 Å². The molecule has 2 rings (SSSR count). The molecule has 26 heavy (non-hydrogen) atoms. The Morgan fingerprint density at radius 1 is 1.19 bits per heavy atom. The van der Waals surface area contributed by atoms with E-state index in [2.05, 4.69) is 0 Å². The molecule has 1 fully saturated rings. The third kappa shape index (κ3) is 4.90. The summed E-state index contributed by atoms with van der Waals surface area (Å²) in [7, 11) is 0. The van der Waals surface area contributed by atoms with Crippen LogP contribution in [0.2, 0.25) is 0 Å². The van der Waals surface area contributed by atoms with Crippen molar-refractivity contribution in [2.45, 2.75) is 37.6 Å². The molecule has 1 aliphatic rings. The molecule has 0 radical (unpaired) electrons. The number of phenols is 1. The highest BCUT2D eigenvalue weighted by atomic mass is 16.7. The van der Waals surface area contributed by atoms with Gasteiger partial charge in [-0.15, -0.1) is 0 Å². The van der Waals surface area contributed by atoms with Gasteiger partial charge in [0.05, 0.1) is 6.61 Å². The van der Waals surface area contributed by atoms with Crippen LogP contribution in [0.25, 0.3) is 6.08 Å². The Hall–Kier alpha value is -2.23. The van der Waals surface area contributed by atoms with Gasteiger partial charge in [-0.1, -0.05) is 24.3 Å². The smallest absolute Gasteiger partial charge is 0.229 e. The van der Waals surface area contributed by atoms with Crippen LogP contribution in [0, 0.1) is 0 Å². The fraction of sp³-hybridized carbons (Fsp3) is 0.389. The molecular formula is C18H22O8. The summed E-state index contributed by atoms with van der Waals surface area (Å²) in [4.78, 5) is 10.8. The van der Waals surface area contributed by atoms with E-state index in [-0.39, 0.29) is 17.3 Å². The van der Waals surface area contributed by atoms with Crippen molar-refractivity contribution in [1.82, 2.24) is 0 Å². The molecule has 0 aliphatic carbocycles. The van der Waals surface area contributed by atoms with Crippen LogP contribution in [0.15, 0.2) is 36.4 Å². The summed E-state index contributed by atoms with van der Waals surface area (Å²) in [6.45, 7) is 0.857. The Kier molecular flexibility index (Phi) is 6.90. The van der Waals surface area contributed by atoms with Gasteiger partial charge < -0.3 is 35.0 Å². The first kappa shape index (κ1) is 20.1. The normalized spacial score (nSPS) is 29.3. The summed E-state index contributed by atoms with van der Waals surface area (Å²) in [5, 5.41) is 48.7.